The Bertz CT molecular complexity index is 319. The Balaban J connectivity index is 1.97. The number of aliphatic carboxylic acids is 1. The molecule has 2 fully saturated rings. The highest BCUT2D eigenvalue weighted by molar-refractivity contribution is 5.77. The Labute approximate surface area is 101 Å². The van der Waals surface area contributed by atoms with Gasteiger partial charge in [-0.15, -0.1) is 0 Å². The molecule has 0 aromatic rings. The van der Waals surface area contributed by atoms with Gasteiger partial charge in [0, 0.05) is 25.6 Å². The van der Waals surface area contributed by atoms with E-state index in [4.69, 9.17) is 5.11 Å². The predicted octanol–water partition coefficient (Wildman–Crippen LogP) is 0.450. The number of carbonyl (C=O) groups is 2. The van der Waals surface area contributed by atoms with E-state index >= 15 is 0 Å². The van der Waals surface area contributed by atoms with Gasteiger partial charge in [0.25, 0.3) is 0 Å². The van der Waals surface area contributed by atoms with E-state index in [0.717, 1.165) is 25.9 Å². The molecule has 5 nitrogen and oxygen atoms in total. The van der Waals surface area contributed by atoms with Crippen molar-refractivity contribution in [3.8, 4) is 0 Å². The fraction of sp³-hybridized carbons (Fsp3) is 0.833. The lowest BCUT2D eigenvalue weighted by atomic mass is 9.84. The van der Waals surface area contributed by atoms with E-state index in [-0.39, 0.29) is 18.0 Å². The highest BCUT2D eigenvalue weighted by atomic mass is 16.4. The summed E-state index contributed by atoms with van der Waals surface area (Å²) >= 11 is 0. The first-order valence-corrected chi connectivity index (χ1v) is 6.38. The van der Waals surface area contributed by atoms with E-state index in [9.17, 15) is 9.59 Å². The molecule has 1 amide bonds. The molecule has 2 heterocycles. The summed E-state index contributed by atoms with van der Waals surface area (Å²) < 4.78 is 0. The summed E-state index contributed by atoms with van der Waals surface area (Å²) in [6, 6.07) is -0.104. The third-order valence-corrected chi connectivity index (χ3v) is 3.97. The van der Waals surface area contributed by atoms with E-state index in [0.29, 0.717) is 18.8 Å². The highest BCUT2D eigenvalue weighted by Gasteiger charge is 2.37. The zero-order valence-corrected chi connectivity index (χ0v) is 10.2. The molecule has 3 atom stereocenters. The van der Waals surface area contributed by atoms with Crippen LogP contribution in [0.1, 0.15) is 32.6 Å². The molecule has 2 aliphatic rings. The van der Waals surface area contributed by atoms with Crippen molar-refractivity contribution >= 4 is 11.9 Å². The van der Waals surface area contributed by atoms with Crippen LogP contribution in [0.2, 0.25) is 0 Å². The lowest BCUT2D eigenvalue weighted by molar-refractivity contribution is -0.145. The van der Waals surface area contributed by atoms with Gasteiger partial charge in [-0.05, 0) is 25.2 Å². The number of nitrogens with one attached hydrogen (secondary N) is 1. The third-order valence-electron chi connectivity index (χ3n) is 3.97. The molecule has 0 saturated carbocycles. The molecule has 5 heteroatoms. The van der Waals surface area contributed by atoms with E-state index < -0.39 is 5.97 Å². The minimum atomic E-state index is -0.731. The molecule has 2 rings (SSSR count). The summed E-state index contributed by atoms with van der Waals surface area (Å²) in [5.41, 5.74) is 0. The predicted molar refractivity (Wildman–Crippen MR) is 62.6 cm³/mol. The van der Waals surface area contributed by atoms with Gasteiger partial charge in [0.05, 0.1) is 0 Å². The topological polar surface area (TPSA) is 69.6 Å². The minimum Gasteiger partial charge on any atom is -0.480 e. The smallest absolute Gasteiger partial charge is 0.320 e. The molecule has 0 aliphatic carbocycles. The van der Waals surface area contributed by atoms with Crippen LogP contribution in [-0.4, -0.2) is 47.1 Å². The molecule has 0 aromatic carbocycles. The van der Waals surface area contributed by atoms with Crippen LogP contribution in [0.4, 0.5) is 0 Å². The zero-order chi connectivity index (χ0) is 12.4. The van der Waals surface area contributed by atoms with E-state index in [1.165, 1.54) is 0 Å². The Morgan fingerprint density at radius 2 is 2.35 bits per heavy atom. The maximum atomic E-state index is 11.3. The van der Waals surface area contributed by atoms with Crippen molar-refractivity contribution < 1.29 is 14.7 Å². The number of hydrogen-bond acceptors (Lipinski definition) is 3. The minimum absolute atomic E-state index is 0.143. The summed E-state index contributed by atoms with van der Waals surface area (Å²) in [5.74, 6) is -0.161. The van der Waals surface area contributed by atoms with E-state index in [2.05, 4.69) is 10.2 Å². The van der Waals surface area contributed by atoms with Crippen LogP contribution in [0.3, 0.4) is 0 Å². The molecular weight excluding hydrogens is 220 g/mol. The lowest BCUT2D eigenvalue weighted by Crippen LogP contribution is -2.57. The van der Waals surface area contributed by atoms with Gasteiger partial charge in [0.1, 0.15) is 6.04 Å². The number of amides is 1. The van der Waals surface area contributed by atoms with Crippen molar-refractivity contribution in [1.82, 2.24) is 10.2 Å². The molecular formula is C12H20N2O3. The SMILES string of the molecule is CCC(C(=O)O)N1CCC2NC(=O)CCC2C1. The maximum absolute atomic E-state index is 11.3. The summed E-state index contributed by atoms with van der Waals surface area (Å²) in [6.45, 7) is 3.48. The molecule has 0 spiro atoms. The molecule has 0 bridgehead atoms. The van der Waals surface area contributed by atoms with Crippen LogP contribution in [0.15, 0.2) is 0 Å². The highest BCUT2D eigenvalue weighted by Crippen LogP contribution is 2.26. The molecule has 17 heavy (non-hydrogen) atoms. The third kappa shape index (κ3) is 2.60. The quantitative estimate of drug-likeness (QED) is 0.751. The molecule has 96 valence electrons. The number of carboxylic acids is 1. The van der Waals surface area contributed by atoms with Gasteiger partial charge in [-0.3, -0.25) is 14.5 Å². The fourth-order valence-corrected chi connectivity index (χ4v) is 3.01. The van der Waals surface area contributed by atoms with Crippen molar-refractivity contribution in [3.05, 3.63) is 0 Å². The molecule has 2 saturated heterocycles. The van der Waals surface area contributed by atoms with Gasteiger partial charge < -0.3 is 10.4 Å². The van der Waals surface area contributed by atoms with Gasteiger partial charge in [0.2, 0.25) is 5.91 Å². The number of nitrogens with zero attached hydrogens (tertiary/aromatic N) is 1. The largest absolute Gasteiger partial charge is 0.480 e. The molecule has 3 unspecified atom stereocenters. The van der Waals surface area contributed by atoms with Crippen LogP contribution in [0, 0.1) is 5.92 Å². The van der Waals surface area contributed by atoms with Gasteiger partial charge in [0.15, 0.2) is 0 Å². The van der Waals surface area contributed by atoms with Crippen molar-refractivity contribution in [1.29, 1.82) is 0 Å². The Hall–Kier alpha value is -1.10. The number of carboxylic acid groups (broad SMARTS) is 1. The second-order valence-electron chi connectivity index (χ2n) is 5.02. The Morgan fingerprint density at radius 3 is 3.00 bits per heavy atom. The van der Waals surface area contributed by atoms with Crippen molar-refractivity contribution in [2.24, 2.45) is 5.92 Å². The van der Waals surface area contributed by atoms with Gasteiger partial charge in [-0.25, -0.2) is 0 Å². The van der Waals surface area contributed by atoms with Crippen LogP contribution in [0.25, 0.3) is 0 Å². The Kier molecular flexibility index (Phi) is 3.66. The van der Waals surface area contributed by atoms with Crippen LogP contribution < -0.4 is 5.32 Å². The number of carbonyl (C=O) groups excluding carboxylic acids is 1. The maximum Gasteiger partial charge on any atom is 0.320 e. The zero-order valence-electron chi connectivity index (χ0n) is 10.2. The second-order valence-corrected chi connectivity index (χ2v) is 5.02. The fourth-order valence-electron chi connectivity index (χ4n) is 3.01. The van der Waals surface area contributed by atoms with Gasteiger partial charge >= 0.3 is 5.97 Å². The molecule has 0 radical (unpaired) electrons. The number of piperidine rings is 2. The van der Waals surface area contributed by atoms with Gasteiger partial charge in [-0.2, -0.15) is 0 Å². The first-order valence-electron chi connectivity index (χ1n) is 6.38. The second kappa shape index (κ2) is 5.04. The molecule has 2 aliphatic heterocycles. The number of fused-ring (bicyclic) bond motifs is 1. The summed E-state index contributed by atoms with van der Waals surface area (Å²) in [5, 5.41) is 12.2. The average molecular weight is 240 g/mol. The average Bonchev–Trinajstić information content (AvgIpc) is 2.29. The molecule has 2 N–H and O–H groups in total. The number of hydrogen-bond donors (Lipinski definition) is 2. The summed E-state index contributed by atoms with van der Waals surface area (Å²) in [4.78, 5) is 24.5. The van der Waals surface area contributed by atoms with Crippen molar-refractivity contribution in [2.75, 3.05) is 13.1 Å². The van der Waals surface area contributed by atoms with Crippen LogP contribution >= 0.6 is 0 Å². The van der Waals surface area contributed by atoms with Crippen molar-refractivity contribution in [3.63, 3.8) is 0 Å². The van der Waals surface area contributed by atoms with Gasteiger partial charge in [-0.1, -0.05) is 6.92 Å². The van der Waals surface area contributed by atoms with Crippen molar-refractivity contribution in [2.45, 2.75) is 44.7 Å². The van der Waals surface area contributed by atoms with E-state index in [1.807, 2.05) is 6.92 Å². The summed E-state index contributed by atoms with van der Waals surface area (Å²) in [7, 11) is 0. The number of rotatable bonds is 3. The van der Waals surface area contributed by atoms with E-state index in [1.54, 1.807) is 0 Å². The monoisotopic (exact) mass is 240 g/mol. The Morgan fingerprint density at radius 1 is 1.59 bits per heavy atom. The standard InChI is InChI=1S/C12H20N2O3/c1-2-10(12(16)17)14-6-5-9-8(7-14)3-4-11(15)13-9/h8-10H,2-7H2,1H3,(H,13,15)(H,16,17). The normalized spacial score (nSPS) is 31.5. The summed E-state index contributed by atoms with van der Waals surface area (Å²) in [6.07, 6.45) is 2.99. The first-order chi connectivity index (χ1) is 8.11. The number of likely N-dealkylation sites (tertiary alicyclic amines) is 1. The lowest BCUT2D eigenvalue weighted by Gasteiger charge is -2.43. The van der Waals surface area contributed by atoms with Crippen LogP contribution in [-0.2, 0) is 9.59 Å². The van der Waals surface area contributed by atoms with Crippen LogP contribution in [0.5, 0.6) is 0 Å². The molecule has 0 aromatic heterocycles. The first kappa shape index (κ1) is 12.4.